The van der Waals surface area contributed by atoms with Crippen LogP contribution in [0.2, 0.25) is 0 Å². The van der Waals surface area contributed by atoms with E-state index in [4.69, 9.17) is 5.11 Å². The molecule has 0 aliphatic rings. The number of aliphatic carboxylic acids is 1. The van der Waals surface area contributed by atoms with Gasteiger partial charge in [0.05, 0.1) is 0 Å². The van der Waals surface area contributed by atoms with E-state index in [0.717, 1.165) is 0 Å². The van der Waals surface area contributed by atoms with Crippen molar-refractivity contribution in [3.8, 4) is 0 Å². The Morgan fingerprint density at radius 3 is 1.64 bits per heavy atom. The number of hydrogen-bond donors (Lipinski definition) is 1. The molecule has 0 aromatic heterocycles. The SMILES string of the molecule is CC(=O)CC(=O)O.C[CH-]C.[Zr]. The fourth-order valence-corrected chi connectivity index (χ4v) is 0.213. The van der Waals surface area contributed by atoms with E-state index in [1.165, 1.54) is 6.92 Å². The monoisotopic (exact) mass is 235 g/mol. The van der Waals surface area contributed by atoms with Crippen LogP contribution in [0, 0.1) is 6.42 Å². The first-order valence-corrected chi connectivity index (χ1v) is 2.99. The number of Topliss-reactive ketones (excluding diaryl/α,β-unsaturated/α-hetero) is 1. The van der Waals surface area contributed by atoms with Crippen molar-refractivity contribution in [1.29, 1.82) is 0 Å². The molecular weight excluding hydrogens is 223 g/mol. The Labute approximate surface area is 86.3 Å². The van der Waals surface area contributed by atoms with Crippen molar-refractivity contribution in [2.75, 3.05) is 0 Å². The molecule has 0 saturated heterocycles. The van der Waals surface area contributed by atoms with Crippen molar-refractivity contribution in [2.24, 2.45) is 0 Å². The van der Waals surface area contributed by atoms with Crippen LogP contribution in [0.1, 0.15) is 27.2 Å². The molecule has 0 spiro atoms. The first-order chi connectivity index (χ1) is 4.54. The van der Waals surface area contributed by atoms with Crippen molar-refractivity contribution in [2.45, 2.75) is 27.2 Å². The number of hydrogen-bond acceptors (Lipinski definition) is 2. The minimum Gasteiger partial charge on any atom is -0.481 e. The second-order valence-corrected chi connectivity index (χ2v) is 1.85. The minimum absolute atomic E-state index is 0. The molecule has 0 aliphatic heterocycles. The van der Waals surface area contributed by atoms with Crippen LogP contribution in [0.25, 0.3) is 0 Å². The van der Waals surface area contributed by atoms with Crippen LogP contribution >= 0.6 is 0 Å². The van der Waals surface area contributed by atoms with E-state index in [2.05, 4.69) is 0 Å². The Morgan fingerprint density at radius 1 is 1.36 bits per heavy atom. The van der Waals surface area contributed by atoms with Gasteiger partial charge in [-0.2, -0.15) is 13.8 Å². The Balaban J connectivity index is -0.000000140. The summed E-state index contributed by atoms with van der Waals surface area (Å²) in [7, 11) is 0. The zero-order valence-corrected chi connectivity index (χ0v) is 9.51. The average molecular weight is 236 g/mol. The Bertz CT molecular complexity index is 100. The quantitative estimate of drug-likeness (QED) is 0.580. The van der Waals surface area contributed by atoms with Gasteiger partial charge in [0.1, 0.15) is 12.2 Å². The predicted octanol–water partition coefficient (Wildman–Crippen LogP) is 1.28. The van der Waals surface area contributed by atoms with Crippen LogP contribution in [0.15, 0.2) is 0 Å². The third-order valence-corrected chi connectivity index (χ3v) is 0.400. The van der Waals surface area contributed by atoms with Crippen LogP contribution < -0.4 is 0 Å². The van der Waals surface area contributed by atoms with Crippen molar-refractivity contribution < 1.29 is 40.9 Å². The first kappa shape index (κ1) is 17.2. The largest absolute Gasteiger partial charge is 0.481 e. The third-order valence-electron chi connectivity index (χ3n) is 0.400. The maximum atomic E-state index is 9.87. The van der Waals surface area contributed by atoms with E-state index in [9.17, 15) is 9.59 Å². The van der Waals surface area contributed by atoms with Gasteiger partial charge in [0.2, 0.25) is 0 Å². The van der Waals surface area contributed by atoms with Crippen molar-refractivity contribution >= 4 is 11.8 Å². The molecule has 0 rings (SSSR count). The Hall–Kier alpha value is 0.0231. The summed E-state index contributed by atoms with van der Waals surface area (Å²) >= 11 is 0. The zero-order chi connectivity index (χ0) is 8.57. The molecule has 0 aliphatic carbocycles. The summed E-state index contributed by atoms with van der Waals surface area (Å²) < 4.78 is 0. The molecule has 0 saturated carbocycles. The summed E-state index contributed by atoms with van der Waals surface area (Å²) in [4.78, 5) is 19.5. The van der Waals surface area contributed by atoms with E-state index >= 15 is 0 Å². The van der Waals surface area contributed by atoms with Crippen molar-refractivity contribution in [3.63, 3.8) is 0 Å². The van der Waals surface area contributed by atoms with Crippen LogP contribution in [0.4, 0.5) is 0 Å². The normalized spacial score (nSPS) is 6.82. The van der Waals surface area contributed by atoms with Gasteiger partial charge < -0.3 is 11.5 Å². The van der Waals surface area contributed by atoms with E-state index in [1.54, 1.807) is 0 Å². The summed E-state index contributed by atoms with van der Waals surface area (Å²) in [6, 6.07) is 0. The van der Waals surface area contributed by atoms with Gasteiger partial charge in [-0.05, 0) is 6.92 Å². The molecule has 64 valence electrons. The number of carbonyl (C=O) groups is 2. The standard InChI is InChI=1S/C4H6O3.C3H7.Zr/c1-3(5)2-4(6)7;1-3-2;/h2H2,1H3,(H,6,7);3H,1-2H3;/q;-1;. The molecular formula is C7H13O3Zr-. The number of carbonyl (C=O) groups excluding carboxylic acids is 1. The molecule has 0 amide bonds. The molecule has 1 N–H and O–H groups in total. The van der Waals surface area contributed by atoms with Gasteiger partial charge in [-0.25, -0.2) is 0 Å². The van der Waals surface area contributed by atoms with E-state index in [1.807, 2.05) is 20.3 Å². The number of carboxylic acids is 1. The number of carboxylic acid groups (broad SMARTS) is 1. The maximum absolute atomic E-state index is 9.87. The molecule has 0 unspecified atom stereocenters. The van der Waals surface area contributed by atoms with Crippen LogP contribution in [0.3, 0.4) is 0 Å². The molecule has 0 aromatic carbocycles. The smallest absolute Gasteiger partial charge is 0.310 e. The fourth-order valence-electron chi connectivity index (χ4n) is 0.213. The zero-order valence-electron chi connectivity index (χ0n) is 7.05. The summed E-state index contributed by atoms with van der Waals surface area (Å²) in [5, 5.41) is 7.86. The number of rotatable bonds is 2. The van der Waals surface area contributed by atoms with E-state index in [-0.39, 0.29) is 38.4 Å². The molecule has 4 heteroatoms. The fraction of sp³-hybridized carbons (Fsp3) is 0.571. The van der Waals surface area contributed by atoms with E-state index in [0.29, 0.717) is 0 Å². The second kappa shape index (κ2) is 12.7. The average Bonchev–Trinajstić information content (AvgIpc) is 1.62. The second-order valence-electron chi connectivity index (χ2n) is 1.85. The molecule has 3 nitrogen and oxygen atoms in total. The Morgan fingerprint density at radius 2 is 1.64 bits per heavy atom. The molecule has 0 bridgehead atoms. The van der Waals surface area contributed by atoms with Gasteiger partial charge in [0.15, 0.2) is 0 Å². The first-order valence-electron chi connectivity index (χ1n) is 2.99. The summed E-state index contributed by atoms with van der Waals surface area (Å²) in [5.74, 6) is -1.37. The van der Waals surface area contributed by atoms with Crippen molar-refractivity contribution in [3.05, 3.63) is 6.42 Å². The molecule has 0 heterocycles. The van der Waals surface area contributed by atoms with Crippen LogP contribution in [-0.2, 0) is 35.8 Å². The topological polar surface area (TPSA) is 54.4 Å². The van der Waals surface area contributed by atoms with Gasteiger partial charge in [-0.1, -0.05) is 0 Å². The predicted molar refractivity (Wildman–Crippen MR) is 38.6 cm³/mol. The van der Waals surface area contributed by atoms with Gasteiger partial charge in [-0.3, -0.25) is 9.59 Å². The summed E-state index contributed by atoms with van der Waals surface area (Å²) in [5.41, 5.74) is 0. The molecule has 0 aromatic rings. The van der Waals surface area contributed by atoms with Gasteiger partial charge >= 0.3 is 5.97 Å². The number of ketones is 1. The molecule has 11 heavy (non-hydrogen) atoms. The van der Waals surface area contributed by atoms with Gasteiger partial charge in [-0.15, -0.1) is 0 Å². The van der Waals surface area contributed by atoms with Crippen molar-refractivity contribution in [1.82, 2.24) is 0 Å². The van der Waals surface area contributed by atoms with Gasteiger partial charge in [0, 0.05) is 26.2 Å². The van der Waals surface area contributed by atoms with E-state index < -0.39 is 5.97 Å². The molecule has 0 radical (unpaired) electrons. The minimum atomic E-state index is -1.06. The van der Waals surface area contributed by atoms with Crippen LogP contribution in [0.5, 0.6) is 0 Å². The summed E-state index contributed by atoms with van der Waals surface area (Å²) in [6.07, 6.45) is 1.64. The molecule has 0 fully saturated rings. The Kier molecular flexibility index (Phi) is 19.8. The van der Waals surface area contributed by atoms with Crippen LogP contribution in [-0.4, -0.2) is 16.9 Å². The molecule has 0 atom stereocenters. The summed E-state index contributed by atoms with van der Waals surface area (Å²) in [6.45, 7) is 5.24. The maximum Gasteiger partial charge on any atom is 0.310 e. The van der Waals surface area contributed by atoms with Gasteiger partial charge in [0.25, 0.3) is 0 Å². The third kappa shape index (κ3) is 39.9.